The number of nitriles is 1. The largest absolute Gasteiger partial charge is 0.372 e. The molecule has 0 atom stereocenters. The zero-order chi connectivity index (χ0) is 11.4. The van der Waals surface area contributed by atoms with Gasteiger partial charge in [-0.15, -0.1) is 0 Å². The van der Waals surface area contributed by atoms with Crippen LogP contribution in [0.5, 0.6) is 0 Å². The Morgan fingerprint density at radius 2 is 2.13 bits per heavy atom. The summed E-state index contributed by atoms with van der Waals surface area (Å²) in [7, 11) is 1.85. The van der Waals surface area contributed by atoms with Gasteiger partial charge in [-0.2, -0.15) is 5.26 Å². The first-order valence-electron chi connectivity index (χ1n) is 4.95. The fraction of sp³-hybridized carbons (Fsp3) is 0.417. The molecule has 0 fully saturated rings. The molecule has 0 heterocycles. The molecule has 1 aromatic carbocycles. The van der Waals surface area contributed by atoms with Gasteiger partial charge in [0.05, 0.1) is 17.3 Å². The number of anilines is 1. The molecular weight excluding hydrogens is 191 g/mol. The number of benzene rings is 1. The van der Waals surface area contributed by atoms with Crippen molar-refractivity contribution in [3.8, 4) is 6.07 Å². The van der Waals surface area contributed by atoms with Gasteiger partial charge in [0.25, 0.3) is 0 Å². The van der Waals surface area contributed by atoms with Crippen LogP contribution in [0.2, 0.25) is 0 Å². The van der Waals surface area contributed by atoms with Gasteiger partial charge in [-0.25, -0.2) is 4.39 Å². The Hall–Kier alpha value is -1.56. The molecule has 0 aliphatic heterocycles. The molecule has 0 radical (unpaired) electrons. The normalized spacial score (nSPS) is 10.1. The first-order valence-corrected chi connectivity index (χ1v) is 4.95. The van der Waals surface area contributed by atoms with Crippen molar-refractivity contribution in [1.82, 2.24) is 0 Å². The zero-order valence-corrected chi connectivity index (χ0v) is 9.29. The smallest absolute Gasteiger partial charge is 0.147 e. The summed E-state index contributed by atoms with van der Waals surface area (Å²) in [5.41, 5.74) is 0.900. The zero-order valence-electron chi connectivity index (χ0n) is 9.29. The van der Waals surface area contributed by atoms with E-state index in [1.165, 1.54) is 6.07 Å². The molecule has 3 heteroatoms. The van der Waals surface area contributed by atoms with Crippen LogP contribution >= 0.6 is 0 Å². The molecule has 0 aliphatic rings. The quantitative estimate of drug-likeness (QED) is 0.760. The van der Waals surface area contributed by atoms with Crippen molar-refractivity contribution in [3.05, 3.63) is 29.6 Å². The van der Waals surface area contributed by atoms with Gasteiger partial charge in [-0.05, 0) is 24.1 Å². The van der Waals surface area contributed by atoms with E-state index in [1.807, 2.05) is 18.0 Å². The van der Waals surface area contributed by atoms with Crippen molar-refractivity contribution in [2.24, 2.45) is 5.92 Å². The Kier molecular flexibility index (Phi) is 3.68. The highest BCUT2D eigenvalue weighted by molar-refractivity contribution is 5.50. The van der Waals surface area contributed by atoms with Crippen LogP contribution in [-0.4, -0.2) is 13.6 Å². The summed E-state index contributed by atoms with van der Waals surface area (Å²) < 4.78 is 13.5. The van der Waals surface area contributed by atoms with E-state index in [0.717, 1.165) is 6.54 Å². The Labute approximate surface area is 89.9 Å². The molecule has 0 aromatic heterocycles. The molecule has 0 saturated heterocycles. The Bertz CT molecular complexity index is 380. The third-order valence-electron chi connectivity index (χ3n) is 2.13. The predicted molar refractivity (Wildman–Crippen MR) is 59.2 cm³/mol. The van der Waals surface area contributed by atoms with Crippen molar-refractivity contribution in [2.45, 2.75) is 13.8 Å². The molecule has 15 heavy (non-hydrogen) atoms. The Balaban J connectivity index is 2.91. The van der Waals surface area contributed by atoms with Gasteiger partial charge in [0, 0.05) is 13.6 Å². The molecule has 80 valence electrons. The average Bonchev–Trinajstić information content (AvgIpc) is 2.16. The summed E-state index contributed by atoms with van der Waals surface area (Å²) in [6.07, 6.45) is 0. The van der Waals surface area contributed by atoms with Crippen LogP contribution in [0.3, 0.4) is 0 Å². The standard InChI is InChI=1S/C12H15FN2/c1-9(2)8-15(3)12-5-4-10(7-14)6-11(12)13/h4-6,9H,8H2,1-3H3. The van der Waals surface area contributed by atoms with Crippen LogP contribution in [0.4, 0.5) is 10.1 Å². The van der Waals surface area contributed by atoms with Gasteiger partial charge in [-0.3, -0.25) is 0 Å². The Morgan fingerprint density at radius 3 is 2.60 bits per heavy atom. The van der Waals surface area contributed by atoms with Crippen molar-refractivity contribution in [2.75, 3.05) is 18.5 Å². The van der Waals surface area contributed by atoms with Gasteiger partial charge in [0.1, 0.15) is 5.82 Å². The number of rotatable bonds is 3. The third kappa shape index (κ3) is 2.95. The summed E-state index contributed by atoms with van der Waals surface area (Å²) in [6, 6.07) is 6.47. The summed E-state index contributed by atoms with van der Waals surface area (Å²) in [5.74, 6) is 0.141. The van der Waals surface area contributed by atoms with Crippen LogP contribution in [0.15, 0.2) is 18.2 Å². The average molecular weight is 206 g/mol. The van der Waals surface area contributed by atoms with E-state index >= 15 is 0 Å². The minimum atomic E-state index is -0.336. The predicted octanol–water partition coefficient (Wildman–Crippen LogP) is 2.79. The maximum absolute atomic E-state index is 13.5. The lowest BCUT2D eigenvalue weighted by molar-refractivity contribution is 0.599. The monoisotopic (exact) mass is 206 g/mol. The molecule has 0 N–H and O–H groups in total. The fourth-order valence-electron chi connectivity index (χ4n) is 1.53. The fourth-order valence-corrected chi connectivity index (χ4v) is 1.53. The van der Waals surface area contributed by atoms with Crippen molar-refractivity contribution in [1.29, 1.82) is 5.26 Å². The SMILES string of the molecule is CC(C)CN(C)c1ccc(C#N)cc1F. The van der Waals surface area contributed by atoms with E-state index in [2.05, 4.69) is 13.8 Å². The van der Waals surface area contributed by atoms with E-state index in [-0.39, 0.29) is 5.82 Å². The van der Waals surface area contributed by atoms with Gasteiger partial charge >= 0.3 is 0 Å². The highest BCUT2D eigenvalue weighted by atomic mass is 19.1. The molecule has 0 saturated carbocycles. The number of hydrogen-bond donors (Lipinski definition) is 0. The van der Waals surface area contributed by atoms with Gasteiger partial charge < -0.3 is 4.90 Å². The van der Waals surface area contributed by atoms with Gasteiger partial charge in [-0.1, -0.05) is 13.8 Å². The highest BCUT2D eigenvalue weighted by Gasteiger charge is 2.09. The second-order valence-electron chi connectivity index (χ2n) is 4.05. The summed E-state index contributed by atoms with van der Waals surface area (Å²) >= 11 is 0. The minimum Gasteiger partial charge on any atom is -0.372 e. The second-order valence-corrected chi connectivity index (χ2v) is 4.05. The summed E-state index contributed by atoms with van der Waals surface area (Å²) in [4.78, 5) is 1.86. The third-order valence-corrected chi connectivity index (χ3v) is 2.13. The van der Waals surface area contributed by atoms with Crippen LogP contribution in [0.1, 0.15) is 19.4 Å². The maximum Gasteiger partial charge on any atom is 0.147 e. The van der Waals surface area contributed by atoms with E-state index in [4.69, 9.17) is 5.26 Å². The molecule has 0 aliphatic carbocycles. The second kappa shape index (κ2) is 4.79. The minimum absolute atomic E-state index is 0.336. The van der Waals surface area contributed by atoms with Crippen LogP contribution < -0.4 is 4.90 Å². The molecule has 2 nitrogen and oxygen atoms in total. The van der Waals surface area contributed by atoms with Gasteiger partial charge in [0.15, 0.2) is 0 Å². The first-order chi connectivity index (χ1) is 7.04. The lowest BCUT2D eigenvalue weighted by Gasteiger charge is -2.21. The molecule has 1 rings (SSSR count). The topological polar surface area (TPSA) is 27.0 Å². The first kappa shape index (κ1) is 11.5. The van der Waals surface area contributed by atoms with Crippen molar-refractivity contribution < 1.29 is 4.39 Å². The molecule has 1 aromatic rings. The van der Waals surface area contributed by atoms with Gasteiger partial charge in [0.2, 0.25) is 0 Å². The maximum atomic E-state index is 13.5. The van der Waals surface area contributed by atoms with E-state index in [9.17, 15) is 4.39 Å². The molecule has 0 spiro atoms. The van der Waals surface area contributed by atoms with E-state index in [1.54, 1.807) is 12.1 Å². The Morgan fingerprint density at radius 1 is 1.47 bits per heavy atom. The lowest BCUT2D eigenvalue weighted by Crippen LogP contribution is -2.23. The molecule has 0 amide bonds. The van der Waals surface area contributed by atoms with Crippen molar-refractivity contribution >= 4 is 5.69 Å². The number of halogens is 1. The van der Waals surface area contributed by atoms with E-state index < -0.39 is 0 Å². The molecule has 0 bridgehead atoms. The highest BCUT2D eigenvalue weighted by Crippen LogP contribution is 2.19. The van der Waals surface area contributed by atoms with E-state index in [0.29, 0.717) is 17.2 Å². The number of hydrogen-bond acceptors (Lipinski definition) is 2. The summed E-state index contributed by atoms with van der Waals surface area (Å²) in [6.45, 7) is 4.96. The molecule has 0 unspecified atom stereocenters. The van der Waals surface area contributed by atoms with Crippen LogP contribution in [0.25, 0.3) is 0 Å². The molecular formula is C12H15FN2. The van der Waals surface area contributed by atoms with Crippen LogP contribution in [-0.2, 0) is 0 Å². The number of nitrogens with zero attached hydrogens (tertiary/aromatic N) is 2. The summed E-state index contributed by atoms with van der Waals surface area (Å²) in [5, 5.41) is 8.61. The van der Waals surface area contributed by atoms with Crippen molar-refractivity contribution in [3.63, 3.8) is 0 Å². The lowest BCUT2D eigenvalue weighted by atomic mass is 10.1. The van der Waals surface area contributed by atoms with Crippen LogP contribution in [0, 0.1) is 23.1 Å².